The van der Waals surface area contributed by atoms with Crippen LogP contribution in [0.4, 0.5) is 0 Å². The van der Waals surface area contributed by atoms with Crippen LogP contribution in [-0.2, 0) is 0 Å². The predicted octanol–water partition coefficient (Wildman–Crippen LogP) is 2.50. The summed E-state index contributed by atoms with van der Waals surface area (Å²) in [4.78, 5) is 0. The topological polar surface area (TPSA) is 0 Å². The second-order valence-corrected chi connectivity index (χ2v) is 3.15. The van der Waals surface area contributed by atoms with Crippen molar-refractivity contribution in [3.8, 4) is 5.69 Å². The SMILES string of the molecule is C#SCC1CCCC1. The quantitative estimate of drug-likeness (QED) is 0.509. The van der Waals surface area contributed by atoms with E-state index in [4.69, 9.17) is 5.69 Å². The molecule has 1 aliphatic rings. The third kappa shape index (κ3) is 1.50. The first kappa shape index (κ1) is 6.12. The molecule has 1 aliphatic carbocycles. The van der Waals surface area contributed by atoms with Crippen LogP contribution in [-0.4, -0.2) is 5.75 Å². The lowest BCUT2D eigenvalue weighted by atomic mass is 10.1. The van der Waals surface area contributed by atoms with Gasteiger partial charge >= 0.3 is 0 Å². The lowest BCUT2D eigenvalue weighted by Crippen LogP contribution is -1.92. The zero-order chi connectivity index (χ0) is 5.82. The van der Waals surface area contributed by atoms with Crippen LogP contribution >= 0.6 is 11.2 Å². The summed E-state index contributed by atoms with van der Waals surface area (Å²) in [5, 5.41) is 0. The van der Waals surface area contributed by atoms with Gasteiger partial charge in [0.2, 0.25) is 0 Å². The Morgan fingerprint density at radius 2 is 2.00 bits per heavy atom. The second-order valence-electron chi connectivity index (χ2n) is 2.48. The summed E-state index contributed by atoms with van der Waals surface area (Å²) in [6.45, 7) is 0. The maximum atomic E-state index is 5.32. The fourth-order valence-electron chi connectivity index (χ4n) is 1.31. The van der Waals surface area contributed by atoms with Crippen LogP contribution in [0, 0.1) is 11.6 Å². The van der Waals surface area contributed by atoms with E-state index in [1.54, 1.807) is 0 Å². The van der Waals surface area contributed by atoms with Crippen LogP contribution in [0.3, 0.4) is 0 Å². The van der Waals surface area contributed by atoms with Crippen molar-refractivity contribution in [2.75, 3.05) is 5.75 Å². The van der Waals surface area contributed by atoms with E-state index in [-0.39, 0.29) is 0 Å². The van der Waals surface area contributed by atoms with Crippen molar-refractivity contribution >= 4 is 11.2 Å². The van der Waals surface area contributed by atoms with Gasteiger partial charge in [0, 0.05) is 5.75 Å². The lowest BCUT2D eigenvalue weighted by Gasteiger charge is -1.99. The van der Waals surface area contributed by atoms with Gasteiger partial charge in [-0.2, -0.15) is 0 Å². The van der Waals surface area contributed by atoms with E-state index >= 15 is 0 Å². The van der Waals surface area contributed by atoms with E-state index < -0.39 is 0 Å². The predicted molar refractivity (Wildman–Crippen MR) is 39.4 cm³/mol. The first-order valence-corrected chi connectivity index (χ1v) is 4.30. The molecule has 0 spiro atoms. The van der Waals surface area contributed by atoms with E-state index in [1.807, 2.05) is 0 Å². The van der Waals surface area contributed by atoms with Crippen LogP contribution in [0.2, 0.25) is 0 Å². The molecular weight excluding hydrogens is 116 g/mol. The summed E-state index contributed by atoms with van der Waals surface area (Å²) in [7, 11) is 0. The Bertz CT molecular complexity index is 95.4. The molecule has 0 unspecified atom stereocenters. The summed E-state index contributed by atoms with van der Waals surface area (Å²) in [6, 6.07) is 0. The molecule has 8 heavy (non-hydrogen) atoms. The van der Waals surface area contributed by atoms with Crippen LogP contribution < -0.4 is 0 Å². The molecule has 0 atom stereocenters. The van der Waals surface area contributed by atoms with Gasteiger partial charge < -0.3 is 0 Å². The molecule has 1 saturated carbocycles. The molecule has 0 radical (unpaired) electrons. The van der Waals surface area contributed by atoms with Gasteiger partial charge in [0.05, 0.1) is 0 Å². The van der Waals surface area contributed by atoms with Gasteiger partial charge in [-0.15, -0.1) is 16.9 Å². The number of hydrogen-bond donors (Lipinski definition) is 0. The minimum atomic E-state index is 0.949. The van der Waals surface area contributed by atoms with Crippen molar-refractivity contribution in [2.24, 2.45) is 5.92 Å². The summed E-state index contributed by atoms with van der Waals surface area (Å²) in [6.07, 6.45) is 5.71. The van der Waals surface area contributed by atoms with Crippen LogP contribution in [0.15, 0.2) is 0 Å². The molecule has 0 aromatic heterocycles. The van der Waals surface area contributed by atoms with Gasteiger partial charge in [-0.3, -0.25) is 0 Å². The van der Waals surface area contributed by atoms with Gasteiger partial charge in [-0.05, 0) is 18.8 Å². The maximum Gasteiger partial charge on any atom is 0.0204 e. The number of rotatable bonds is 1. The van der Waals surface area contributed by atoms with Gasteiger partial charge in [0.1, 0.15) is 0 Å². The molecule has 0 N–H and O–H groups in total. The summed E-state index contributed by atoms with van der Waals surface area (Å²) in [5.41, 5.74) is 5.32. The average molecular weight is 128 g/mol. The monoisotopic (exact) mass is 128 g/mol. The molecule has 0 nitrogen and oxygen atoms in total. The molecule has 0 aliphatic heterocycles. The van der Waals surface area contributed by atoms with Gasteiger partial charge in [-0.25, -0.2) is 0 Å². The average Bonchev–Trinajstić information content (AvgIpc) is 2.19. The Balaban J connectivity index is 2.17. The minimum absolute atomic E-state index is 0.949. The van der Waals surface area contributed by atoms with Crippen molar-refractivity contribution in [1.29, 1.82) is 0 Å². The Morgan fingerprint density at radius 3 is 2.50 bits per heavy atom. The van der Waals surface area contributed by atoms with E-state index in [2.05, 4.69) is 0 Å². The molecular formula is C7H12S. The molecule has 0 saturated heterocycles. The third-order valence-electron chi connectivity index (χ3n) is 1.81. The normalized spacial score (nSPS) is 21.4. The van der Waals surface area contributed by atoms with E-state index in [9.17, 15) is 0 Å². The van der Waals surface area contributed by atoms with E-state index in [0.29, 0.717) is 0 Å². The summed E-state index contributed by atoms with van der Waals surface area (Å²) >= 11 is 1.50. The Hall–Kier alpha value is 0. The van der Waals surface area contributed by atoms with Gasteiger partial charge in [0.25, 0.3) is 0 Å². The lowest BCUT2D eigenvalue weighted by molar-refractivity contribution is 0.624. The first-order valence-electron chi connectivity index (χ1n) is 3.25. The third-order valence-corrected chi connectivity index (χ3v) is 2.47. The number of hydrogen-bond acceptors (Lipinski definition) is 0. The van der Waals surface area contributed by atoms with E-state index in [1.165, 1.54) is 42.6 Å². The first-order chi connectivity index (χ1) is 3.93. The summed E-state index contributed by atoms with van der Waals surface area (Å²) < 4.78 is 0. The highest BCUT2D eigenvalue weighted by Gasteiger charge is 2.12. The van der Waals surface area contributed by atoms with Gasteiger partial charge in [-0.1, -0.05) is 12.8 Å². The highest BCUT2D eigenvalue weighted by Crippen LogP contribution is 2.25. The Labute approximate surface area is 54.9 Å². The highest BCUT2D eigenvalue weighted by atomic mass is 32.1. The van der Waals surface area contributed by atoms with Gasteiger partial charge in [0.15, 0.2) is 0 Å². The summed E-state index contributed by atoms with van der Waals surface area (Å²) in [5.74, 6) is 2.13. The molecule has 1 fully saturated rings. The Kier molecular flexibility index (Phi) is 2.38. The maximum absolute atomic E-state index is 5.32. The second kappa shape index (κ2) is 3.11. The molecule has 46 valence electrons. The molecule has 0 amide bonds. The highest BCUT2D eigenvalue weighted by molar-refractivity contribution is 7.88. The zero-order valence-electron chi connectivity index (χ0n) is 5.10. The zero-order valence-corrected chi connectivity index (χ0v) is 5.91. The van der Waals surface area contributed by atoms with E-state index in [0.717, 1.165) is 5.92 Å². The van der Waals surface area contributed by atoms with Crippen LogP contribution in [0.5, 0.6) is 0 Å². The smallest absolute Gasteiger partial charge is 0.0204 e. The molecule has 1 heteroatoms. The van der Waals surface area contributed by atoms with Crippen molar-refractivity contribution in [3.05, 3.63) is 0 Å². The van der Waals surface area contributed by atoms with Crippen molar-refractivity contribution in [2.45, 2.75) is 25.7 Å². The molecule has 1 rings (SSSR count). The molecule has 0 aromatic carbocycles. The van der Waals surface area contributed by atoms with Crippen molar-refractivity contribution < 1.29 is 0 Å². The standard InChI is InChI=1S/C7H12S/c1-8-6-7-4-2-3-5-7/h1,7H,2-6H2. The molecule has 0 heterocycles. The fraction of sp³-hybridized carbons (Fsp3) is 0.857. The minimum Gasteiger partial charge on any atom is -0.138 e. The van der Waals surface area contributed by atoms with Crippen LogP contribution in [0.25, 0.3) is 0 Å². The largest absolute Gasteiger partial charge is 0.138 e. The molecule has 0 aromatic rings. The molecule has 0 bridgehead atoms. The van der Waals surface area contributed by atoms with Crippen LogP contribution in [0.1, 0.15) is 25.7 Å². The fourth-order valence-corrected chi connectivity index (χ4v) is 1.92. The van der Waals surface area contributed by atoms with Crippen molar-refractivity contribution in [1.82, 2.24) is 0 Å². The van der Waals surface area contributed by atoms with Crippen molar-refractivity contribution in [3.63, 3.8) is 0 Å². The Morgan fingerprint density at radius 1 is 1.38 bits per heavy atom.